The molecule has 0 aromatic rings. The van der Waals surface area contributed by atoms with Crippen molar-refractivity contribution in [3.63, 3.8) is 0 Å². The Morgan fingerprint density at radius 3 is 2.17 bits per heavy atom. The summed E-state index contributed by atoms with van der Waals surface area (Å²) in [6.07, 6.45) is 1.72. The Bertz CT molecular complexity index is 209. The Kier molecular flexibility index (Phi) is 2.28. The second-order valence-electron chi connectivity index (χ2n) is 4.35. The van der Waals surface area contributed by atoms with E-state index in [9.17, 15) is 4.79 Å². The van der Waals surface area contributed by atoms with Crippen LogP contribution in [0.3, 0.4) is 0 Å². The molecule has 1 aliphatic rings. The summed E-state index contributed by atoms with van der Waals surface area (Å²) in [5.74, 6) is -0.870. The van der Waals surface area contributed by atoms with Gasteiger partial charge in [0.2, 0.25) is 0 Å². The second-order valence-corrected chi connectivity index (χ2v) is 6.10. The average Bonchev–Trinajstić information content (AvgIpc) is 2.03. The van der Waals surface area contributed by atoms with Gasteiger partial charge in [-0.1, -0.05) is 29.8 Å². The maximum absolute atomic E-state index is 10.9. The van der Waals surface area contributed by atoms with Crippen molar-refractivity contribution in [1.29, 1.82) is 0 Å². The van der Waals surface area contributed by atoms with Crippen LogP contribution < -0.4 is 0 Å². The Morgan fingerprint density at radius 1 is 1.50 bits per heavy atom. The fourth-order valence-corrected chi connectivity index (χ4v) is 2.40. The van der Waals surface area contributed by atoms with Crippen molar-refractivity contribution in [3.8, 4) is 0 Å². The van der Waals surface area contributed by atoms with E-state index < -0.39 is 5.97 Å². The molecule has 0 bridgehead atoms. The van der Waals surface area contributed by atoms with E-state index in [0.717, 1.165) is 12.8 Å². The molecule has 1 N–H and O–H groups in total. The molecule has 0 aliphatic heterocycles. The number of alkyl halides is 1. The average molecular weight is 235 g/mol. The molecular formula is C9H15BrO2. The van der Waals surface area contributed by atoms with Gasteiger partial charge in [-0.25, -0.2) is 0 Å². The molecule has 0 aromatic heterocycles. The smallest absolute Gasteiger partial charge is 0.307 e. The molecule has 2 unspecified atom stereocenters. The van der Waals surface area contributed by atoms with Crippen LogP contribution >= 0.6 is 15.9 Å². The first kappa shape index (κ1) is 10.0. The van der Waals surface area contributed by atoms with Gasteiger partial charge in [-0.05, 0) is 25.2 Å². The van der Waals surface area contributed by atoms with Crippen molar-refractivity contribution in [1.82, 2.24) is 0 Å². The molecule has 1 aliphatic carbocycles. The molecule has 0 spiro atoms. The van der Waals surface area contributed by atoms with Crippen LogP contribution in [0.2, 0.25) is 0 Å². The normalized spacial score (nSPS) is 39.8. The standard InChI is InChI=1S/C9H15BrO2/c1-8(2)6(7(11)12)4-5-9(8,3)10/h6H,4-5H2,1-3H3,(H,11,12). The van der Waals surface area contributed by atoms with E-state index in [0.29, 0.717) is 0 Å². The molecular weight excluding hydrogens is 220 g/mol. The van der Waals surface area contributed by atoms with Crippen LogP contribution in [0.5, 0.6) is 0 Å². The van der Waals surface area contributed by atoms with Crippen molar-refractivity contribution >= 4 is 21.9 Å². The summed E-state index contributed by atoms with van der Waals surface area (Å²) in [7, 11) is 0. The van der Waals surface area contributed by atoms with Crippen molar-refractivity contribution in [3.05, 3.63) is 0 Å². The number of carboxylic acids is 1. The lowest BCUT2D eigenvalue weighted by atomic mass is 9.76. The van der Waals surface area contributed by atoms with Crippen LogP contribution in [0.15, 0.2) is 0 Å². The van der Waals surface area contributed by atoms with Gasteiger partial charge in [0.15, 0.2) is 0 Å². The number of aliphatic carboxylic acids is 1. The molecule has 2 atom stereocenters. The first-order valence-corrected chi connectivity index (χ1v) is 5.00. The lowest BCUT2D eigenvalue weighted by Gasteiger charge is -2.35. The molecule has 0 aromatic carbocycles. The highest BCUT2D eigenvalue weighted by atomic mass is 79.9. The first-order chi connectivity index (χ1) is 5.29. The second kappa shape index (κ2) is 2.72. The molecule has 12 heavy (non-hydrogen) atoms. The SMILES string of the molecule is CC1(Br)CCC(C(=O)O)C1(C)C. The number of carbonyl (C=O) groups is 1. The summed E-state index contributed by atoms with van der Waals surface area (Å²) < 4.78 is -0.0247. The predicted octanol–water partition coefficient (Wildman–Crippen LogP) is 2.66. The van der Waals surface area contributed by atoms with Crippen LogP contribution in [-0.4, -0.2) is 15.4 Å². The molecule has 0 heterocycles. The minimum Gasteiger partial charge on any atom is -0.481 e. The molecule has 2 nitrogen and oxygen atoms in total. The minimum absolute atomic E-state index is 0.0247. The minimum atomic E-state index is -0.664. The fraction of sp³-hybridized carbons (Fsp3) is 0.889. The number of hydrogen-bond acceptors (Lipinski definition) is 1. The summed E-state index contributed by atoms with van der Waals surface area (Å²) in [6.45, 7) is 6.12. The molecule has 1 saturated carbocycles. The number of hydrogen-bond donors (Lipinski definition) is 1. The highest BCUT2D eigenvalue weighted by Gasteiger charge is 2.52. The third kappa shape index (κ3) is 1.28. The molecule has 3 heteroatoms. The summed E-state index contributed by atoms with van der Waals surface area (Å²) in [6, 6.07) is 0. The van der Waals surface area contributed by atoms with E-state index in [1.165, 1.54) is 0 Å². The van der Waals surface area contributed by atoms with E-state index >= 15 is 0 Å². The molecule has 1 fully saturated rings. The first-order valence-electron chi connectivity index (χ1n) is 4.21. The van der Waals surface area contributed by atoms with E-state index in [1.807, 2.05) is 13.8 Å². The van der Waals surface area contributed by atoms with Crippen LogP contribution in [0.4, 0.5) is 0 Å². The Morgan fingerprint density at radius 2 is 2.00 bits per heavy atom. The zero-order chi connectivity index (χ0) is 9.57. The van der Waals surface area contributed by atoms with Gasteiger partial charge in [0.05, 0.1) is 5.92 Å². The maximum Gasteiger partial charge on any atom is 0.307 e. The predicted molar refractivity (Wildman–Crippen MR) is 51.5 cm³/mol. The monoisotopic (exact) mass is 234 g/mol. The third-order valence-electron chi connectivity index (χ3n) is 3.42. The van der Waals surface area contributed by atoms with Crippen LogP contribution in [-0.2, 0) is 4.79 Å². The van der Waals surface area contributed by atoms with Gasteiger partial charge in [0.1, 0.15) is 0 Å². The largest absolute Gasteiger partial charge is 0.481 e. The zero-order valence-electron chi connectivity index (χ0n) is 7.72. The number of rotatable bonds is 1. The third-order valence-corrected chi connectivity index (χ3v) is 4.83. The molecule has 0 radical (unpaired) electrons. The van der Waals surface area contributed by atoms with Gasteiger partial charge < -0.3 is 5.11 Å². The van der Waals surface area contributed by atoms with Gasteiger partial charge in [-0.15, -0.1) is 0 Å². The molecule has 0 saturated heterocycles. The van der Waals surface area contributed by atoms with E-state index in [-0.39, 0.29) is 15.7 Å². The zero-order valence-corrected chi connectivity index (χ0v) is 9.31. The molecule has 70 valence electrons. The maximum atomic E-state index is 10.9. The topological polar surface area (TPSA) is 37.3 Å². The summed E-state index contributed by atoms with van der Waals surface area (Å²) in [5, 5.41) is 8.96. The van der Waals surface area contributed by atoms with Gasteiger partial charge >= 0.3 is 5.97 Å². The fourth-order valence-electron chi connectivity index (χ4n) is 1.89. The Balaban J connectivity index is 2.93. The Labute approximate surface area is 81.5 Å². The van der Waals surface area contributed by atoms with Gasteiger partial charge in [-0.3, -0.25) is 4.79 Å². The summed E-state index contributed by atoms with van der Waals surface area (Å²) >= 11 is 3.61. The molecule has 0 amide bonds. The number of carboxylic acid groups (broad SMARTS) is 1. The van der Waals surface area contributed by atoms with Crippen molar-refractivity contribution < 1.29 is 9.90 Å². The van der Waals surface area contributed by atoms with Crippen LogP contribution in [0.1, 0.15) is 33.6 Å². The quantitative estimate of drug-likeness (QED) is 0.709. The van der Waals surface area contributed by atoms with E-state index in [2.05, 4.69) is 22.9 Å². The highest BCUT2D eigenvalue weighted by Crippen LogP contribution is 2.54. The summed E-state index contributed by atoms with van der Waals surface area (Å²) in [4.78, 5) is 10.9. The summed E-state index contributed by atoms with van der Waals surface area (Å²) in [5.41, 5.74) is -0.154. The van der Waals surface area contributed by atoms with Crippen molar-refractivity contribution in [2.24, 2.45) is 11.3 Å². The van der Waals surface area contributed by atoms with Crippen LogP contribution in [0.25, 0.3) is 0 Å². The van der Waals surface area contributed by atoms with Gasteiger partial charge in [-0.2, -0.15) is 0 Å². The van der Waals surface area contributed by atoms with Crippen molar-refractivity contribution in [2.45, 2.75) is 37.9 Å². The molecule has 1 rings (SSSR count). The lowest BCUT2D eigenvalue weighted by Crippen LogP contribution is -2.37. The van der Waals surface area contributed by atoms with Crippen LogP contribution in [0, 0.1) is 11.3 Å². The van der Waals surface area contributed by atoms with E-state index in [4.69, 9.17) is 5.11 Å². The van der Waals surface area contributed by atoms with Gasteiger partial charge in [0, 0.05) is 4.32 Å². The van der Waals surface area contributed by atoms with E-state index in [1.54, 1.807) is 0 Å². The van der Waals surface area contributed by atoms with Crippen molar-refractivity contribution in [2.75, 3.05) is 0 Å². The Hall–Kier alpha value is -0.0500. The lowest BCUT2D eigenvalue weighted by molar-refractivity contribution is -0.144. The highest BCUT2D eigenvalue weighted by molar-refractivity contribution is 9.10. The van der Waals surface area contributed by atoms with Gasteiger partial charge in [0.25, 0.3) is 0 Å². The number of halogens is 1.